The van der Waals surface area contributed by atoms with E-state index in [1.807, 2.05) is 12.1 Å². The van der Waals surface area contributed by atoms with Gasteiger partial charge in [-0.25, -0.2) is 4.31 Å². The fourth-order valence-electron chi connectivity index (χ4n) is 1.26. The first-order valence-corrected chi connectivity index (χ1v) is 7.54. The predicted octanol–water partition coefficient (Wildman–Crippen LogP) is 2.93. The third kappa shape index (κ3) is 4.02. The first-order valence-electron chi connectivity index (χ1n) is 5.20. The molecule has 0 spiro atoms. The molecule has 4 nitrogen and oxygen atoms in total. The van der Waals surface area contributed by atoms with E-state index in [4.69, 9.17) is 8.83 Å². The number of benzene rings is 2. The molecular formula is C12H12O4P2. The lowest BCUT2D eigenvalue weighted by atomic mass is 10.3. The highest BCUT2D eigenvalue weighted by Crippen LogP contribution is 2.48. The van der Waals surface area contributed by atoms with Gasteiger partial charge in [-0.2, -0.15) is 0 Å². The van der Waals surface area contributed by atoms with Crippen molar-refractivity contribution in [1.29, 1.82) is 0 Å². The van der Waals surface area contributed by atoms with Crippen molar-refractivity contribution >= 4 is 22.3 Å². The zero-order valence-electron chi connectivity index (χ0n) is 9.38. The van der Waals surface area contributed by atoms with Crippen molar-refractivity contribution in [1.82, 2.24) is 0 Å². The maximum atomic E-state index is 9.79. The molecule has 0 bridgehead atoms. The molecule has 0 amide bonds. The Hall–Kier alpha value is -1.02. The van der Waals surface area contributed by atoms with Gasteiger partial charge in [0.05, 0.1) is 0 Å². The molecule has 18 heavy (non-hydrogen) atoms. The molecule has 0 aliphatic carbocycles. The zero-order chi connectivity index (χ0) is 12.8. The minimum atomic E-state index is -2.14. The molecule has 2 aromatic carbocycles. The number of hydrogen-bond acceptors (Lipinski definition) is 4. The molecule has 6 heteroatoms. The van der Waals surface area contributed by atoms with Crippen LogP contribution in [0.15, 0.2) is 60.7 Å². The molecule has 0 fully saturated rings. The van der Waals surface area contributed by atoms with Crippen LogP contribution in [-0.2, 0) is 4.31 Å². The van der Waals surface area contributed by atoms with E-state index in [9.17, 15) is 9.79 Å². The molecule has 0 aliphatic heterocycles. The standard InChI is InChI=1S/C12H12O4P2/c13-17(12-9-5-2-6-10-12)16-18(14)15-11-7-3-1-4-8-11/h1-10,13-14H. The molecule has 2 unspecified atom stereocenters. The van der Waals surface area contributed by atoms with Gasteiger partial charge in [0.1, 0.15) is 5.75 Å². The lowest BCUT2D eigenvalue weighted by Crippen LogP contribution is -2.01. The van der Waals surface area contributed by atoms with Crippen LogP contribution in [0.5, 0.6) is 5.75 Å². The summed E-state index contributed by atoms with van der Waals surface area (Å²) in [6.07, 6.45) is 0. The zero-order valence-corrected chi connectivity index (χ0v) is 11.2. The Kier molecular flexibility index (Phi) is 5.06. The van der Waals surface area contributed by atoms with E-state index in [0.29, 0.717) is 11.1 Å². The van der Waals surface area contributed by atoms with Crippen molar-refractivity contribution in [3.8, 4) is 5.75 Å². The number of rotatable bonds is 5. The van der Waals surface area contributed by atoms with Crippen molar-refractivity contribution < 1.29 is 18.6 Å². The maximum absolute atomic E-state index is 9.79. The van der Waals surface area contributed by atoms with Gasteiger partial charge in [0.15, 0.2) is 0 Å². The summed E-state index contributed by atoms with van der Waals surface area (Å²) in [5.41, 5.74) is 0. The minimum Gasteiger partial charge on any atom is -0.427 e. The number of para-hydroxylation sites is 1. The van der Waals surface area contributed by atoms with Gasteiger partial charge >= 0.3 is 8.60 Å². The van der Waals surface area contributed by atoms with Crippen LogP contribution in [0.2, 0.25) is 0 Å². The summed E-state index contributed by atoms with van der Waals surface area (Å²) in [5, 5.41) is 0.630. The molecule has 2 N–H and O–H groups in total. The Labute approximate surface area is 108 Å². The Morgan fingerprint density at radius 3 is 1.94 bits per heavy atom. The second-order valence-corrected chi connectivity index (χ2v) is 5.71. The van der Waals surface area contributed by atoms with Gasteiger partial charge in [-0.05, 0) is 24.3 Å². The SMILES string of the molecule is OP(Oc1ccccc1)OP(O)c1ccccc1. The first-order chi connectivity index (χ1) is 8.75. The highest BCUT2D eigenvalue weighted by Gasteiger charge is 2.18. The largest absolute Gasteiger partial charge is 0.427 e. The lowest BCUT2D eigenvalue weighted by molar-refractivity contribution is 0.379. The van der Waals surface area contributed by atoms with Gasteiger partial charge in [0, 0.05) is 5.30 Å². The van der Waals surface area contributed by atoms with E-state index >= 15 is 0 Å². The van der Waals surface area contributed by atoms with Crippen molar-refractivity contribution in [2.75, 3.05) is 0 Å². The smallest absolute Gasteiger partial charge is 0.400 e. The van der Waals surface area contributed by atoms with Crippen LogP contribution >= 0.6 is 17.0 Å². The first kappa shape index (κ1) is 13.4. The summed E-state index contributed by atoms with van der Waals surface area (Å²) in [5.74, 6) is 0.502. The summed E-state index contributed by atoms with van der Waals surface area (Å²) < 4.78 is 10.2. The molecule has 0 saturated heterocycles. The predicted molar refractivity (Wildman–Crippen MR) is 72.5 cm³/mol. The molecule has 0 saturated carbocycles. The van der Waals surface area contributed by atoms with E-state index in [2.05, 4.69) is 0 Å². The molecule has 94 valence electrons. The molecule has 2 atom stereocenters. The Balaban J connectivity index is 1.90. The van der Waals surface area contributed by atoms with Gasteiger partial charge < -0.3 is 14.3 Å². The topological polar surface area (TPSA) is 58.9 Å². The van der Waals surface area contributed by atoms with Crippen LogP contribution in [0.25, 0.3) is 0 Å². The summed E-state index contributed by atoms with van der Waals surface area (Å²) in [6, 6.07) is 17.7. The van der Waals surface area contributed by atoms with E-state index in [1.165, 1.54) is 0 Å². The molecule has 0 heterocycles. The monoisotopic (exact) mass is 282 g/mol. The van der Waals surface area contributed by atoms with E-state index in [0.717, 1.165) is 0 Å². The average molecular weight is 282 g/mol. The van der Waals surface area contributed by atoms with Crippen LogP contribution in [0.1, 0.15) is 0 Å². The van der Waals surface area contributed by atoms with Crippen LogP contribution in [0.4, 0.5) is 0 Å². The van der Waals surface area contributed by atoms with Crippen LogP contribution in [0.3, 0.4) is 0 Å². The fourth-order valence-corrected chi connectivity index (χ4v) is 3.03. The Bertz CT molecular complexity index is 466. The third-order valence-electron chi connectivity index (χ3n) is 2.05. The van der Waals surface area contributed by atoms with Crippen molar-refractivity contribution in [3.05, 3.63) is 60.7 Å². The van der Waals surface area contributed by atoms with Gasteiger partial charge in [-0.15, -0.1) is 0 Å². The van der Waals surface area contributed by atoms with Crippen LogP contribution < -0.4 is 9.83 Å². The van der Waals surface area contributed by atoms with Gasteiger partial charge in [-0.1, -0.05) is 36.4 Å². The molecule has 0 radical (unpaired) electrons. The second-order valence-electron chi connectivity index (χ2n) is 3.33. The van der Waals surface area contributed by atoms with Crippen LogP contribution in [-0.4, -0.2) is 9.79 Å². The quantitative estimate of drug-likeness (QED) is 0.828. The highest BCUT2D eigenvalue weighted by molar-refractivity contribution is 7.63. The summed E-state index contributed by atoms with van der Waals surface area (Å²) in [7, 11) is -4.00. The lowest BCUT2D eigenvalue weighted by Gasteiger charge is -2.15. The van der Waals surface area contributed by atoms with Gasteiger partial charge in [0.25, 0.3) is 0 Å². The van der Waals surface area contributed by atoms with Gasteiger partial charge in [0.2, 0.25) is 8.38 Å². The van der Waals surface area contributed by atoms with Crippen molar-refractivity contribution in [2.45, 2.75) is 0 Å². The number of hydrogen-bond donors (Lipinski definition) is 2. The maximum Gasteiger partial charge on any atom is 0.400 e. The molecule has 2 aromatic rings. The minimum absolute atomic E-state index is 0.502. The highest BCUT2D eigenvalue weighted by atomic mass is 31.2. The molecule has 2 rings (SSSR count). The fraction of sp³-hybridized carbons (Fsp3) is 0. The van der Waals surface area contributed by atoms with E-state index in [-0.39, 0.29) is 0 Å². The molecule has 0 aliphatic rings. The summed E-state index contributed by atoms with van der Waals surface area (Å²) in [4.78, 5) is 19.4. The second kappa shape index (κ2) is 6.79. The molecule has 0 aromatic heterocycles. The Morgan fingerprint density at radius 2 is 1.33 bits per heavy atom. The summed E-state index contributed by atoms with van der Waals surface area (Å²) >= 11 is 0. The molecular weight excluding hydrogens is 270 g/mol. The average Bonchev–Trinajstić information content (AvgIpc) is 2.40. The van der Waals surface area contributed by atoms with Crippen molar-refractivity contribution in [2.24, 2.45) is 0 Å². The summed E-state index contributed by atoms with van der Waals surface area (Å²) in [6.45, 7) is 0. The third-order valence-corrected chi connectivity index (χ3v) is 4.34. The van der Waals surface area contributed by atoms with Crippen molar-refractivity contribution in [3.63, 3.8) is 0 Å². The van der Waals surface area contributed by atoms with Gasteiger partial charge in [-0.3, -0.25) is 0 Å². The normalized spacial score (nSPS) is 13.9. The van der Waals surface area contributed by atoms with Crippen LogP contribution in [0, 0.1) is 0 Å². The van der Waals surface area contributed by atoms with E-state index in [1.54, 1.807) is 48.5 Å². The van der Waals surface area contributed by atoms with E-state index < -0.39 is 17.0 Å². The Morgan fingerprint density at radius 1 is 0.778 bits per heavy atom.